The van der Waals surface area contributed by atoms with Crippen LogP contribution in [-0.4, -0.2) is 29.7 Å². The van der Waals surface area contributed by atoms with Gasteiger partial charge >= 0.3 is 5.97 Å². The van der Waals surface area contributed by atoms with Gasteiger partial charge in [-0.05, 0) is 19.1 Å². The van der Waals surface area contributed by atoms with E-state index in [2.05, 4.69) is 26.9 Å². The van der Waals surface area contributed by atoms with Crippen LogP contribution in [0.1, 0.15) is 10.6 Å². The minimum absolute atomic E-state index is 0.231. The van der Waals surface area contributed by atoms with Gasteiger partial charge in [-0.15, -0.1) is 17.9 Å². The Labute approximate surface area is 115 Å². The van der Waals surface area contributed by atoms with Crippen LogP contribution in [0.5, 0.6) is 0 Å². The highest BCUT2D eigenvalue weighted by Gasteiger charge is 2.12. The molecule has 1 aromatic rings. The van der Waals surface area contributed by atoms with Gasteiger partial charge in [0.05, 0.1) is 19.2 Å². The van der Waals surface area contributed by atoms with Crippen LogP contribution in [0.4, 0.5) is 5.13 Å². The number of hydrogen-bond donors (Lipinski definition) is 2. The second-order valence-electron chi connectivity index (χ2n) is 3.40. The van der Waals surface area contributed by atoms with Crippen LogP contribution >= 0.6 is 23.6 Å². The van der Waals surface area contributed by atoms with Crippen molar-refractivity contribution in [2.45, 2.75) is 13.3 Å². The quantitative estimate of drug-likeness (QED) is 0.487. The summed E-state index contributed by atoms with van der Waals surface area (Å²) in [6.45, 7) is 6.02. The molecule has 0 bridgehead atoms. The number of esters is 1. The number of methoxy groups -OCH3 is 1. The molecule has 0 aliphatic heterocycles. The van der Waals surface area contributed by atoms with Crippen molar-refractivity contribution >= 4 is 39.8 Å². The number of aryl methyl sites for hydroxylation is 1. The summed E-state index contributed by atoms with van der Waals surface area (Å²) >= 11 is 6.46. The number of carbonyl (C=O) groups excluding carboxylic acids is 1. The molecular weight excluding hydrogens is 270 g/mol. The van der Waals surface area contributed by atoms with Crippen molar-refractivity contribution < 1.29 is 9.53 Å². The summed E-state index contributed by atoms with van der Waals surface area (Å²) in [6, 6.07) is 0. The van der Waals surface area contributed by atoms with Crippen LogP contribution < -0.4 is 10.6 Å². The molecular formula is C11H15N3O2S2. The number of carbonyl (C=O) groups is 1. The lowest BCUT2D eigenvalue weighted by molar-refractivity contribution is -0.139. The molecule has 0 aliphatic rings. The number of thiocarbonyl (C=S) groups is 1. The first-order valence-corrected chi connectivity index (χ1v) is 6.48. The standard InChI is InChI=1S/C11H15N3O2S2/c1-4-5-12-10(17)14-11-13-7(2)8(18-11)6-9(15)16-3/h4H,1,5-6H2,2-3H3,(H2,12,13,14,17). The van der Waals surface area contributed by atoms with Crippen molar-refractivity contribution in [2.75, 3.05) is 19.0 Å². The molecule has 0 spiro atoms. The van der Waals surface area contributed by atoms with E-state index in [0.717, 1.165) is 10.6 Å². The van der Waals surface area contributed by atoms with Crippen molar-refractivity contribution in [2.24, 2.45) is 0 Å². The number of thiazole rings is 1. The summed E-state index contributed by atoms with van der Waals surface area (Å²) in [4.78, 5) is 16.4. The van der Waals surface area contributed by atoms with Gasteiger partial charge in [0.2, 0.25) is 0 Å². The summed E-state index contributed by atoms with van der Waals surface area (Å²) in [5.74, 6) is -0.277. The Bertz CT molecular complexity index is 457. The Morgan fingerprint density at radius 2 is 2.39 bits per heavy atom. The molecule has 2 N–H and O–H groups in total. The molecule has 1 aromatic heterocycles. The lowest BCUT2D eigenvalue weighted by atomic mass is 10.3. The van der Waals surface area contributed by atoms with Gasteiger partial charge in [-0.3, -0.25) is 4.79 Å². The zero-order valence-corrected chi connectivity index (χ0v) is 11.9. The highest BCUT2D eigenvalue weighted by atomic mass is 32.1. The Kier molecular flexibility index (Phi) is 5.73. The zero-order valence-electron chi connectivity index (χ0n) is 10.3. The topological polar surface area (TPSA) is 63.2 Å². The average Bonchev–Trinajstić information content (AvgIpc) is 2.66. The Balaban J connectivity index is 2.63. The summed E-state index contributed by atoms with van der Waals surface area (Å²) in [6.07, 6.45) is 1.94. The molecule has 98 valence electrons. The molecule has 0 saturated heterocycles. The molecule has 0 fully saturated rings. The van der Waals surface area contributed by atoms with Crippen molar-refractivity contribution in [1.29, 1.82) is 0 Å². The lowest BCUT2D eigenvalue weighted by Gasteiger charge is -2.04. The van der Waals surface area contributed by atoms with E-state index in [4.69, 9.17) is 12.2 Å². The molecule has 18 heavy (non-hydrogen) atoms. The predicted molar refractivity (Wildman–Crippen MR) is 77.0 cm³/mol. The number of rotatable bonds is 5. The fraction of sp³-hybridized carbons (Fsp3) is 0.364. The SMILES string of the molecule is C=CCNC(=S)Nc1nc(C)c(CC(=O)OC)s1. The van der Waals surface area contributed by atoms with Crippen LogP contribution in [0.15, 0.2) is 12.7 Å². The minimum Gasteiger partial charge on any atom is -0.469 e. The minimum atomic E-state index is -0.277. The number of anilines is 1. The molecule has 0 atom stereocenters. The fourth-order valence-corrected chi connectivity index (χ4v) is 2.35. The Hall–Kier alpha value is -1.47. The van der Waals surface area contributed by atoms with E-state index < -0.39 is 0 Å². The molecule has 7 heteroatoms. The summed E-state index contributed by atoms with van der Waals surface area (Å²) in [5, 5.41) is 7.04. The molecule has 1 rings (SSSR count). The van der Waals surface area contributed by atoms with Crippen LogP contribution in [0.3, 0.4) is 0 Å². The monoisotopic (exact) mass is 285 g/mol. The fourth-order valence-electron chi connectivity index (χ4n) is 1.15. The highest BCUT2D eigenvalue weighted by molar-refractivity contribution is 7.80. The number of ether oxygens (including phenoxy) is 1. The maximum absolute atomic E-state index is 11.2. The molecule has 0 amide bonds. The molecule has 0 radical (unpaired) electrons. The van der Waals surface area contributed by atoms with E-state index in [0.29, 0.717) is 16.8 Å². The van der Waals surface area contributed by atoms with Crippen LogP contribution in [0.2, 0.25) is 0 Å². The summed E-state index contributed by atoms with van der Waals surface area (Å²) in [7, 11) is 1.37. The number of nitrogens with zero attached hydrogens (tertiary/aromatic N) is 1. The van der Waals surface area contributed by atoms with E-state index in [1.807, 2.05) is 6.92 Å². The normalized spacial score (nSPS) is 9.67. The first-order chi connectivity index (χ1) is 8.56. The maximum Gasteiger partial charge on any atom is 0.310 e. The third kappa shape index (κ3) is 4.42. The summed E-state index contributed by atoms with van der Waals surface area (Å²) < 4.78 is 4.62. The molecule has 1 heterocycles. The molecule has 0 unspecified atom stereocenters. The number of hydrogen-bond acceptors (Lipinski definition) is 5. The van der Waals surface area contributed by atoms with Crippen LogP contribution in [0, 0.1) is 6.92 Å². The average molecular weight is 285 g/mol. The van der Waals surface area contributed by atoms with E-state index in [-0.39, 0.29) is 12.4 Å². The number of aromatic nitrogens is 1. The maximum atomic E-state index is 11.2. The third-order valence-electron chi connectivity index (χ3n) is 2.05. The van der Waals surface area contributed by atoms with Gasteiger partial charge < -0.3 is 15.4 Å². The van der Waals surface area contributed by atoms with Gasteiger partial charge in [0.25, 0.3) is 0 Å². The van der Waals surface area contributed by atoms with Crippen molar-refractivity contribution in [3.05, 3.63) is 23.2 Å². The summed E-state index contributed by atoms with van der Waals surface area (Å²) in [5.41, 5.74) is 0.805. The Morgan fingerprint density at radius 1 is 1.67 bits per heavy atom. The smallest absolute Gasteiger partial charge is 0.310 e. The first kappa shape index (κ1) is 14.6. The second kappa shape index (κ2) is 7.07. The Morgan fingerprint density at radius 3 is 3.00 bits per heavy atom. The highest BCUT2D eigenvalue weighted by Crippen LogP contribution is 2.23. The first-order valence-electron chi connectivity index (χ1n) is 5.25. The lowest BCUT2D eigenvalue weighted by Crippen LogP contribution is -2.28. The molecule has 0 aliphatic carbocycles. The van der Waals surface area contributed by atoms with E-state index in [9.17, 15) is 4.79 Å². The molecule has 5 nitrogen and oxygen atoms in total. The van der Waals surface area contributed by atoms with E-state index in [1.165, 1.54) is 18.4 Å². The zero-order chi connectivity index (χ0) is 13.5. The van der Waals surface area contributed by atoms with Crippen LogP contribution in [0.25, 0.3) is 0 Å². The van der Waals surface area contributed by atoms with Gasteiger partial charge in [-0.25, -0.2) is 4.98 Å². The largest absolute Gasteiger partial charge is 0.469 e. The van der Waals surface area contributed by atoms with Crippen molar-refractivity contribution in [3.63, 3.8) is 0 Å². The van der Waals surface area contributed by atoms with Gasteiger partial charge in [0, 0.05) is 11.4 Å². The van der Waals surface area contributed by atoms with Gasteiger partial charge in [0.1, 0.15) is 0 Å². The second-order valence-corrected chi connectivity index (χ2v) is 4.90. The number of nitrogens with one attached hydrogen (secondary N) is 2. The van der Waals surface area contributed by atoms with Crippen LogP contribution in [-0.2, 0) is 16.0 Å². The van der Waals surface area contributed by atoms with Crippen molar-refractivity contribution in [3.8, 4) is 0 Å². The third-order valence-corrected chi connectivity index (χ3v) is 3.37. The van der Waals surface area contributed by atoms with E-state index >= 15 is 0 Å². The van der Waals surface area contributed by atoms with Gasteiger partial charge in [0.15, 0.2) is 10.2 Å². The van der Waals surface area contributed by atoms with Crippen molar-refractivity contribution in [1.82, 2.24) is 10.3 Å². The predicted octanol–water partition coefficient (Wildman–Crippen LogP) is 1.64. The van der Waals surface area contributed by atoms with E-state index in [1.54, 1.807) is 6.08 Å². The van der Waals surface area contributed by atoms with Gasteiger partial charge in [-0.2, -0.15) is 0 Å². The molecule has 0 saturated carbocycles. The van der Waals surface area contributed by atoms with Gasteiger partial charge in [-0.1, -0.05) is 6.08 Å². The molecule has 0 aromatic carbocycles.